The van der Waals surface area contributed by atoms with Gasteiger partial charge in [0.1, 0.15) is 0 Å². The summed E-state index contributed by atoms with van der Waals surface area (Å²) in [7, 11) is 0. The van der Waals surface area contributed by atoms with Gasteiger partial charge < -0.3 is 5.32 Å². The first-order valence-electron chi connectivity index (χ1n) is 8.49. The van der Waals surface area contributed by atoms with E-state index in [0.717, 1.165) is 30.2 Å². The van der Waals surface area contributed by atoms with Gasteiger partial charge >= 0.3 is 0 Å². The van der Waals surface area contributed by atoms with Gasteiger partial charge in [-0.25, -0.2) is 0 Å². The van der Waals surface area contributed by atoms with Gasteiger partial charge in [0.25, 0.3) is 0 Å². The van der Waals surface area contributed by atoms with Crippen molar-refractivity contribution >= 4 is 0 Å². The zero-order chi connectivity index (χ0) is 14.1. The van der Waals surface area contributed by atoms with Crippen molar-refractivity contribution in [1.82, 2.24) is 5.32 Å². The minimum Gasteiger partial charge on any atom is -0.310 e. The van der Waals surface area contributed by atoms with E-state index < -0.39 is 0 Å². The molecule has 2 aliphatic rings. The van der Waals surface area contributed by atoms with Crippen LogP contribution in [0.2, 0.25) is 0 Å². The van der Waals surface area contributed by atoms with Gasteiger partial charge in [-0.05, 0) is 67.0 Å². The third-order valence-electron chi connectivity index (χ3n) is 5.16. The predicted octanol–water partition coefficient (Wildman–Crippen LogP) is 4.58. The van der Waals surface area contributed by atoms with Crippen LogP contribution in [0.4, 0.5) is 0 Å². The van der Waals surface area contributed by atoms with Crippen molar-refractivity contribution in [3.05, 3.63) is 35.4 Å². The molecule has 20 heavy (non-hydrogen) atoms. The summed E-state index contributed by atoms with van der Waals surface area (Å²) in [5, 5.41) is 3.74. The topological polar surface area (TPSA) is 12.0 Å². The average molecular weight is 271 g/mol. The lowest BCUT2D eigenvalue weighted by atomic mass is 9.88. The van der Waals surface area contributed by atoms with Gasteiger partial charge in [-0.3, -0.25) is 0 Å². The highest BCUT2D eigenvalue weighted by molar-refractivity contribution is 5.26. The molecule has 1 aromatic rings. The summed E-state index contributed by atoms with van der Waals surface area (Å²) in [6.45, 7) is 7.89. The van der Waals surface area contributed by atoms with Crippen molar-refractivity contribution in [2.75, 3.05) is 6.54 Å². The molecule has 1 N–H and O–H groups in total. The fraction of sp³-hybridized carbons (Fsp3) is 0.684. The van der Waals surface area contributed by atoms with Crippen LogP contribution in [0.1, 0.15) is 57.2 Å². The number of hydrogen-bond acceptors (Lipinski definition) is 1. The van der Waals surface area contributed by atoms with Crippen molar-refractivity contribution in [3.8, 4) is 0 Å². The minimum atomic E-state index is 0.584. The molecule has 1 nitrogen and oxygen atoms in total. The van der Waals surface area contributed by atoms with Crippen molar-refractivity contribution in [3.63, 3.8) is 0 Å². The van der Waals surface area contributed by atoms with Gasteiger partial charge in [0, 0.05) is 6.04 Å². The van der Waals surface area contributed by atoms with Crippen molar-refractivity contribution < 1.29 is 0 Å². The second kappa shape index (κ2) is 5.89. The highest BCUT2D eigenvalue weighted by atomic mass is 14.9. The third-order valence-corrected chi connectivity index (χ3v) is 5.16. The molecule has 2 fully saturated rings. The molecule has 0 amide bonds. The van der Waals surface area contributed by atoms with Gasteiger partial charge in [-0.15, -0.1) is 0 Å². The quantitative estimate of drug-likeness (QED) is 0.798. The van der Waals surface area contributed by atoms with Crippen molar-refractivity contribution in [2.45, 2.75) is 52.5 Å². The first kappa shape index (κ1) is 14.1. The highest BCUT2D eigenvalue weighted by Crippen LogP contribution is 2.57. The van der Waals surface area contributed by atoms with Gasteiger partial charge in [0.2, 0.25) is 0 Å². The van der Waals surface area contributed by atoms with E-state index in [1.54, 1.807) is 0 Å². The van der Waals surface area contributed by atoms with Crippen molar-refractivity contribution in [2.24, 2.45) is 23.7 Å². The number of benzene rings is 1. The summed E-state index contributed by atoms with van der Waals surface area (Å²) in [4.78, 5) is 0. The van der Waals surface area contributed by atoms with E-state index in [-0.39, 0.29) is 0 Å². The van der Waals surface area contributed by atoms with E-state index in [4.69, 9.17) is 0 Å². The van der Waals surface area contributed by atoms with Crippen LogP contribution in [0.15, 0.2) is 24.3 Å². The maximum absolute atomic E-state index is 3.74. The Morgan fingerprint density at radius 1 is 1.05 bits per heavy atom. The summed E-state index contributed by atoms with van der Waals surface area (Å²) < 4.78 is 0. The number of fused-ring (bicyclic) bond motifs is 1. The molecule has 0 heterocycles. The molecule has 0 spiro atoms. The molecule has 0 aliphatic heterocycles. The van der Waals surface area contributed by atoms with E-state index in [2.05, 4.69) is 50.4 Å². The second-order valence-electron chi connectivity index (χ2n) is 7.36. The van der Waals surface area contributed by atoms with E-state index in [1.807, 2.05) is 0 Å². The molecule has 2 aliphatic carbocycles. The molecule has 2 saturated carbocycles. The Kier molecular flexibility index (Phi) is 4.16. The molecular weight excluding hydrogens is 242 g/mol. The molecule has 1 heteroatoms. The molecule has 1 aromatic carbocycles. The van der Waals surface area contributed by atoms with E-state index in [9.17, 15) is 0 Å². The maximum atomic E-state index is 3.74. The monoisotopic (exact) mass is 271 g/mol. The summed E-state index contributed by atoms with van der Waals surface area (Å²) >= 11 is 0. The van der Waals surface area contributed by atoms with Crippen LogP contribution in [0.25, 0.3) is 0 Å². The molecular formula is C19H29N. The predicted molar refractivity (Wildman–Crippen MR) is 85.7 cm³/mol. The molecule has 110 valence electrons. The zero-order valence-corrected chi connectivity index (χ0v) is 13.2. The number of hydrogen-bond donors (Lipinski definition) is 1. The smallest absolute Gasteiger partial charge is 0.0348 e. The lowest BCUT2D eigenvalue weighted by Crippen LogP contribution is -2.27. The van der Waals surface area contributed by atoms with Crippen LogP contribution in [0.3, 0.4) is 0 Å². The summed E-state index contributed by atoms with van der Waals surface area (Å²) in [6, 6.07) is 10.0. The molecule has 0 saturated heterocycles. The Hall–Kier alpha value is -0.820. The van der Waals surface area contributed by atoms with Gasteiger partial charge in [0.05, 0.1) is 0 Å². The van der Waals surface area contributed by atoms with Gasteiger partial charge in [0.15, 0.2) is 0 Å². The van der Waals surface area contributed by atoms with Gasteiger partial charge in [-0.2, -0.15) is 0 Å². The standard InChI is InChI=1S/C19H29N/c1-4-20-19(18-11-16-10-17(16)12-18)15-7-5-14(6-8-15)9-13(2)3/h5-8,13,16-20H,4,9-12H2,1-3H3. The van der Waals surface area contributed by atoms with Crippen LogP contribution in [0.5, 0.6) is 0 Å². The Morgan fingerprint density at radius 2 is 1.70 bits per heavy atom. The largest absolute Gasteiger partial charge is 0.310 e. The summed E-state index contributed by atoms with van der Waals surface area (Å²) in [5.74, 6) is 3.75. The average Bonchev–Trinajstić information content (AvgIpc) is 3.03. The highest BCUT2D eigenvalue weighted by Gasteiger charge is 2.47. The zero-order valence-electron chi connectivity index (χ0n) is 13.2. The van der Waals surface area contributed by atoms with Crippen LogP contribution >= 0.6 is 0 Å². The summed E-state index contributed by atoms with van der Waals surface area (Å²) in [5.41, 5.74) is 2.99. The molecule has 0 radical (unpaired) electrons. The normalized spacial score (nSPS) is 29.5. The first-order valence-corrected chi connectivity index (χ1v) is 8.49. The second-order valence-corrected chi connectivity index (χ2v) is 7.36. The van der Waals surface area contributed by atoms with Crippen LogP contribution < -0.4 is 5.32 Å². The van der Waals surface area contributed by atoms with Gasteiger partial charge in [-0.1, -0.05) is 45.0 Å². The summed E-state index contributed by atoms with van der Waals surface area (Å²) in [6.07, 6.45) is 5.62. The van der Waals surface area contributed by atoms with E-state index >= 15 is 0 Å². The molecule has 3 unspecified atom stereocenters. The molecule has 0 aromatic heterocycles. The molecule has 3 rings (SSSR count). The Balaban J connectivity index is 1.70. The Bertz CT molecular complexity index is 424. The van der Waals surface area contributed by atoms with Crippen LogP contribution in [-0.4, -0.2) is 6.54 Å². The molecule has 3 atom stereocenters. The van der Waals surface area contributed by atoms with Crippen molar-refractivity contribution in [1.29, 1.82) is 0 Å². The fourth-order valence-electron chi connectivity index (χ4n) is 4.14. The number of rotatable bonds is 6. The fourth-order valence-corrected chi connectivity index (χ4v) is 4.14. The minimum absolute atomic E-state index is 0.584. The lowest BCUT2D eigenvalue weighted by molar-refractivity contribution is 0.346. The first-order chi connectivity index (χ1) is 9.67. The van der Waals surface area contributed by atoms with E-state index in [1.165, 1.54) is 36.8 Å². The van der Waals surface area contributed by atoms with Crippen LogP contribution in [-0.2, 0) is 6.42 Å². The SMILES string of the molecule is CCNC(c1ccc(CC(C)C)cc1)C1CC2CC2C1. The number of nitrogens with one attached hydrogen (secondary N) is 1. The molecule has 0 bridgehead atoms. The van der Waals surface area contributed by atoms with E-state index in [0.29, 0.717) is 6.04 Å². The maximum Gasteiger partial charge on any atom is 0.0348 e. The van der Waals surface area contributed by atoms with Crippen LogP contribution in [0, 0.1) is 23.7 Å². The third kappa shape index (κ3) is 3.09. The Labute approximate surface area is 124 Å². The lowest BCUT2D eigenvalue weighted by Gasteiger charge is -2.26. The Morgan fingerprint density at radius 3 is 2.25 bits per heavy atom.